The van der Waals surface area contributed by atoms with E-state index in [1.807, 2.05) is 24.3 Å². The summed E-state index contributed by atoms with van der Waals surface area (Å²) >= 11 is 3.40. The molecule has 0 unspecified atom stereocenters. The molecule has 2 aromatic rings. The molecule has 0 spiro atoms. The van der Waals surface area contributed by atoms with Crippen LogP contribution in [0.5, 0.6) is 0 Å². The Morgan fingerprint density at radius 3 is 2.48 bits per heavy atom. The number of nitrogens with one attached hydrogen (secondary N) is 2. The van der Waals surface area contributed by atoms with Gasteiger partial charge in [-0.05, 0) is 25.5 Å². The normalized spacial score (nSPS) is 11.6. The molecule has 1 aromatic heterocycles. The van der Waals surface area contributed by atoms with E-state index in [0.29, 0.717) is 6.54 Å². The highest BCUT2D eigenvalue weighted by Crippen LogP contribution is 2.30. The molecule has 4 nitrogen and oxygen atoms in total. The first-order chi connectivity index (χ1) is 10.8. The summed E-state index contributed by atoms with van der Waals surface area (Å²) in [5.74, 6) is 0.0654. The lowest BCUT2D eigenvalue weighted by Crippen LogP contribution is -2.17. The fourth-order valence-corrected chi connectivity index (χ4v) is 2.26. The van der Waals surface area contributed by atoms with Crippen molar-refractivity contribution in [2.24, 2.45) is 0 Å². The van der Waals surface area contributed by atoms with Crippen molar-refractivity contribution in [2.45, 2.75) is 32.6 Å². The van der Waals surface area contributed by atoms with Gasteiger partial charge < -0.3 is 10.6 Å². The van der Waals surface area contributed by atoms with Crippen molar-refractivity contribution < 1.29 is 13.2 Å². The van der Waals surface area contributed by atoms with E-state index in [9.17, 15) is 13.2 Å². The summed E-state index contributed by atoms with van der Waals surface area (Å²) in [6.45, 7) is 3.95. The topological polar surface area (TPSA) is 49.8 Å². The number of aromatic nitrogens is 2. The quantitative estimate of drug-likeness (QED) is 0.779. The van der Waals surface area contributed by atoms with E-state index in [2.05, 4.69) is 36.5 Å². The van der Waals surface area contributed by atoms with E-state index in [1.54, 1.807) is 13.8 Å². The lowest BCUT2D eigenvalue weighted by molar-refractivity contribution is -0.141. The number of nitrogens with zero attached hydrogens (tertiary/aromatic N) is 2. The number of hydrogen-bond donors (Lipinski definition) is 2. The summed E-state index contributed by atoms with van der Waals surface area (Å²) in [5.41, 5.74) is -0.0664. The minimum atomic E-state index is -4.53. The van der Waals surface area contributed by atoms with Crippen LogP contribution in [0.3, 0.4) is 0 Å². The van der Waals surface area contributed by atoms with Crippen LogP contribution in [-0.4, -0.2) is 16.0 Å². The van der Waals surface area contributed by atoms with Crippen molar-refractivity contribution in [3.05, 3.63) is 46.1 Å². The van der Waals surface area contributed by atoms with Crippen LogP contribution in [0.4, 0.5) is 24.9 Å². The number of hydrogen-bond acceptors (Lipinski definition) is 4. The molecule has 0 bridgehead atoms. The van der Waals surface area contributed by atoms with E-state index in [-0.39, 0.29) is 17.8 Å². The van der Waals surface area contributed by atoms with Crippen molar-refractivity contribution >= 4 is 27.7 Å². The SMILES string of the molecule is CC(C)Nc1nc(NCc2ccccc2Br)cc(C(F)(F)F)n1. The second kappa shape index (κ2) is 7.16. The van der Waals surface area contributed by atoms with Gasteiger partial charge in [-0.25, -0.2) is 4.98 Å². The molecule has 0 amide bonds. The van der Waals surface area contributed by atoms with Crippen LogP contribution in [0.1, 0.15) is 25.1 Å². The van der Waals surface area contributed by atoms with Crippen LogP contribution >= 0.6 is 15.9 Å². The highest BCUT2D eigenvalue weighted by molar-refractivity contribution is 9.10. The van der Waals surface area contributed by atoms with Crippen LogP contribution in [0, 0.1) is 0 Å². The lowest BCUT2D eigenvalue weighted by Gasteiger charge is -2.14. The van der Waals surface area contributed by atoms with Crippen LogP contribution in [0.15, 0.2) is 34.8 Å². The molecule has 0 saturated heterocycles. The van der Waals surface area contributed by atoms with Gasteiger partial charge in [-0.3, -0.25) is 0 Å². The van der Waals surface area contributed by atoms with Crippen LogP contribution in [0.25, 0.3) is 0 Å². The molecule has 1 aromatic carbocycles. The lowest BCUT2D eigenvalue weighted by atomic mass is 10.2. The van der Waals surface area contributed by atoms with Gasteiger partial charge in [0.25, 0.3) is 0 Å². The second-order valence-corrected chi connectivity index (χ2v) is 6.06. The van der Waals surface area contributed by atoms with Crippen molar-refractivity contribution in [3.63, 3.8) is 0 Å². The smallest absolute Gasteiger partial charge is 0.366 e. The molecule has 0 atom stereocenters. The molecule has 1 heterocycles. The molecule has 0 fully saturated rings. The Hall–Kier alpha value is -1.83. The van der Waals surface area contributed by atoms with Crippen molar-refractivity contribution in [3.8, 4) is 0 Å². The monoisotopic (exact) mass is 388 g/mol. The molecule has 0 aliphatic carbocycles. The number of benzene rings is 1. The van der Waals surface area contributed by atoms with Gasteiger partial charge in [0.15, 0.2) is 5.69 Å². The molecule has 0 aliphatic rings. The van der Waals surface area contributed by atoms with E-state index in [1.165, 1.54) is 0 Å². The molecule has 2 rings (SSSR count). The molecule has 2 N–H and O–H groups in total. The molecule has 8 heteroatoms. The third-order valence-corrected chi connectivity index (χ3v) is 3.63. The maximum absolute atomic E-state index is 13.0. The van der Waals surface area contributed by atoms with Crippen molar-refractivity contribution in [1.29, 1.82) is 0 Å². The number of alkyl halides is 3. The molecular weight excluding hydrogens is 373 g/mol. The third-order valence-electron chi connectivity index (χ3n) is 2.85. The zero-order valence-electron chi connectivity index (χ0n) is 12.6. The van der Waals surface area contributed by atoms with E-state index >= 15 is 0 Å². The predicted octanol–water partition coefficient (Wildman–Crippen LogP) is 4.69. The fourth-order valence-electron chi connectivity index (χ4n) is 1.83. The highest BCUT2D eigenvalue weighted by Gasteiger charge is 2.33. The largest absolute Gasteiger partial charge is 0.433 e. The minimum Gasteiger partial charge on any atom is -0.366 e. The highest BCUT2D eigenvalue weighted by atomic mass is 79.9. The Balaban J connectivity index is 2.24. The van der Waals surface area contributed by atoms with Gasteiger partial charge in [-0.1, -0.05) is 34.1 Å². The fraction of sp³-hybridized carbons (Fsp3) is 0.333. The molecule has 23 heavy (non-hydrogen) atoms. The first kappa shape index (κ1) is 17.5. The number of rotatable bonds is 5. The number of halogens is 4. The van der Waals surface area contributed by atoms with Gasteiger partial charge in [0.1, 0.15) is 5.82 Å². The van der Waals surface area contributed by atoms with Crippen molar-refractivity contribution in [1.82, 2.24) is 9.97 Å². The maximum atomic E-state index is 13.0. The van der Waals surface area contributed by atoms with E-state index in [4.69, 9.17) is 0 Å². The molecule has 0 aliphatic heterocycles. The molecule has 0 radical (unpaired) electrons. The Kier molecular flexibility index (Phi) is 5.46. The average molecular weight is 389 g/mol. The Bertz CT molecular complexity index is 674. The van der Waals surface area contributed by atoms with Gasteiger partial charge in [-0.2, -0.15) is 18.2 Å². The second-order valence-electron chi connectivity index (χ2n) is 5.20. The van der Waals surface area contributed by atoms with Gasteiger partial charge in [0, 0.05) is 23.1 Å². The van der Waals surface area contributed by atoms with Crippen LogP contribution in [-0.2, 0) is 12.7 Å². The Labute approximate surface area is 140 Å². The first-order valence-corrected chi connectivity index (χ1v) is 7.75. The van der Waals surface area contributed by atoms with E-state index < -0.39 is 11.9 Å². The average Bonchev–Trinajstić information content (AvgIpc) is 2.44. The zero-order chi connectivity index (χ0) is 17.0. The molecule has 124 valence electrons. The Morgan fingerprint density at radius 2 is 1.87 bits per heavy atom. The summed E-state index contributed by atoms with van der Waals surface area (Å²) in [7, 11) is 0. The van der Waals surface area contributed by atoms with Crippen molar-refractivity contribution in [2.75, 3.05) is 10.6 Å². The zero-order valence-corrected chi connectivity index (χ0v) is 14.2. The first-order valence-electron chi connectivity index (χ1n) is 6.96. The summed E-state index contributed by atoms with van der Waals surface area (Å²) < 4.78 is 39.8. The summed E-state index contributed by atoms with van der Waals surface area (Å²) in [4.78, 5) is 7.60. The van der Waals surface area contributed by atoms with Gasteiger partial charge in [0.05, 0.1) is 0 Å². The van der Waals surface area contributed by atoms with E-state index in [0.717, 1.165) is 16.1 Å². The summed E-state index contributed by atoms with van der Waals surface area (Å²) in [5, 5.41) is 5.70. The number of anilines is 2. The summed E-state index contributed by atoms with van der Waals surface area (Å²) in [6, 6.07) is 8.29. The minimum absolute atomic E-state index is 0.0514. The standard InChI is InChI=1S/C15H16BrF3N4/c1-9(2)21-14-22-12(15(17,18)19)7-13(23-14)20-8-10-5-3-4-6-11(10)16/h3-7,9H,8H2,1-2H3,(H2,20,21,22,23). The van der Waals surface area contributed by atoms with Gasteiger partial charge in [-0.15, -0.1) is 0 Å². The molecule has 0 saturated carbocycles. The summed E-state index contributed by atoms with van der Waals surface area (Å²) in [6.07, 6.45) is -4.53. The van der Waals surface area contributed by atoms with Gasteiger partial charge >= 0.3 is 6.18 Å². The Morgan fingerprint density at radius 1 is 1.17 bits per heavy atom. The predicted molar refractivity (Wildman–Crippen MR) is 87.3 cm³/mol. The van der Waals surface area contributed by atoms with Crippen LogP contribution in [0.2, 0.25) is 0 Å². The van der Waals surface area contributed by atoms with Crippen LogP contribution < -0.4 is 10.6 Å². The van der Waals surface area contributed by atoms with Gasteiger partial charge in [0.2, 0.25) is 5.95 Å². The third kappa shape index (κ3) is 5.09. The maximum Gasteiger partial charge on any atom is 0.433 e. The molecular formula is C15H16BrF3N4.